The van der Waals surface area contributed by atoms with Crippen LogP contribution in [0.2, 0.25) is 0 Å². The van der Waals surface area contributed by atoms with E-state index in [0.29, 0.717) is 0 Å². The first-order valence-electron chi connectivity index (χ1n) is 8.56. The Morgan fingerprint density at radius 2 is 1.96 bits per heavy atom. The largest absolute Gasteiger partial charge is 0.497 e. The van der Waals surface area contributed by atoms with Gasteiger partial charge in [0.25, 0.3) is 0 Å². The van der Waals surface area contributed by atoms with E-state index in [0.717, 1.165) is 55.4 Å². The number of rotatable bonds is 5. The molecule has 126 valence electrons. The fraction of sp³-hybridized carbons (Fsp3) is 0.421. The van der Waals surface area contributed by atoms with E-state index in [1.807, 2.05) is 12.1 Å². The molecule has 0 aliphatic carbocycles. The summed E-state index contributed by atoms with van der Waals surface area (Å²) in [6, 6.07) is 8.23. The van der Waals surface area contributed by atoms with Gasteiger partial charge in [-0.2, -0.15) is 5.10 Å². The highest BCUT2D eigenvalue weighted by molar-refractivity contribution is 5.69. The van der Waals surface area contributed by atoms with Crippen molar-refractivity contribution in [2.24, 2.45) is 0 Å². The van der Waals surface area contributed by atoms with Gasteiger partial charge in [0.1, 0.15) is 5.75 Å². The highest BCUT2D eigenvalue weighted by atomic mass is 16.5. The van der Waals surface area contributed by atoms with Crippen molar-refractivity contribution in [2.75, 3.05) is 25.1 Å². The molecule has 0 radical (unpaired) electrons. The van der Waals surface area contributed by atoms with Crippen molar-refractivity contribution in [2.45, 2.75) is 33.1 Å². The standard InChI is InChI=1S/C19H24N4O/c1-4-17-18(5-2)21-22-19(20-17)23-11-9-14(10-12-23)15-7-6-8-16(13-15)24-3/h6-9,13H,4-5,10-12H2,1-3H3. The van der Waals surface area contributed by atoms with Crippen molar-refractivity contribution in [3.63, 3.8) is 0 Å². The first-order chi connectivity index (χ1) is 11.7. The molecule has 0 saturated carbocycles. The minimum absolute atomic E-state index is 0.741. The summed E-state index contributed by atoms with van der Waals surface area (Å²) in [4.78, 5) is 6.90. The zero-order chi connectivity index (χ0) is 16.9. The lowest BCUT2D eigenvalue weighted by Crippen LogP contribution is -2.30. The summed E-state index contributed by atoms with van der Waals surface area (Å²) < 4.78 is 5.32. The molecular weight excluding hydrogens is 300 g/mol. The minimum Gasteiger partial charge on any atom is -0.497 e. The molecule has 24 heavy (non-hydrogen) atoms. The summed E-state index contributed by atoms with van der Waals surface area (Å²) in [6.45, 7) is 5.92. The number of methoxy groups -OCH3 is 1. The monoisotopic (exact) mass is 324 g/mol. The van der Waals surface area contributed by atoms with Gasteiger partial charge >= 0.3 is 0 Å². The van der Waals surface area contributed by atoms with Crippen molar-refractivity contribution in [3.05, 3.63) is 47.3 Å². The number of aromatic nitrogens is 3. The Bertz CT molecular complexity index is 742. The van der Waals surface area contributed by atoms with Gasteiger partial charge < -0.3 is 9.64 Å². The average molecular weight is 324 g/mol. The van der Waals surface area contributed by atoms with E-state index >= 15 is 0 Å². The van der Waals surface area contributed by atoms with E-state index in [1.54, 1.807) is 7.11 Å². The molecule has 1 aromatic heterocycles. The number of anilines is 1. The maximum Gasteiger partial charge on any atom is 0.245 e. The topological polar surface area (TPSA) is 51.1 Å². The Hall–Kier alpha value is -2.43. The fourth-order valence-electron chi connectivity index (χ4n) is 3.00. The SMILES string of the molecule is CCc1nnc(N2CC=C(c3cccc(OC)c3)CC2)nc1CC. The third kappa shape index (κ3) is 3.40. The zero-order valence-corrected chi connectivity index (χ0v) is 14.6. The maximum atomic E-state index is 5.32. The van der Waals surface area contributed by atoms with E-state index < -0.39 is 0 Å². The normalized spacial score (nSPS) is 14.5. The van der Waals surface area contributed by atoms with Crippen molar-refractivity contribution < 1.29 is 4.74 Å². The van der Waals surface area contributed by atoms with Gasteiger partial charge in [-0.1, -0.05) is 32.1 Å². The Kier molecular flexibility index (Phi) is 5.08. The van der Waals surface area contributed by atoms with Crippen LogP contribution in [0.5, 0.6) is 5.75 Å². The zero-order valence-electron chi connectivity index (χ0n) is 14.6. The van der Waals surface area contributed by atoms with E-state index in [1.165, 1.54) is 11.1 Å². The van der Waals surface area contributed by atoms with E-state index in [-0.39, 0.29) is 0 Å². The van der Waals surface area contributed by atoms with Crippen LogP contribution < -0.4 is 9.64 Å². The third-order valence-corrected chi connectivity index (χ3v) is 4.43. The predicted molar refractivity (Wildman–Crippen MR) is 96.4 cm³/mol. The first-order valence-corrected chi connectivity index (χ1v) is 8.56. The van der Waals surface area contributed by atoms with E-state index in [4.69, 9.17) is 9.72 Å². The quantitative estimate of drug-likeness (QED) is 0.844. The lowest BCUT2D eigenvalue weighted by atomic mass is 9.99. The van der Waals surface area contributed by atoms with Crippen molar-refractivity contribution in [3.8, 4) is 5.75 Å². The molecule has 1 aromatic carbocycles. The molecule has 0 bridgehead atoms. The minimum atomic E-state index is 0.741. The van der Waals surface area contributed by atoms with Crippen LogP contribution in [-0.2, 0) is 12.8 Å². The molecule has 0 atom stereocenters. The van der Waals surface area contributed by atoms with Crippen LogP contribution >= 0.6 is 0 Å². The molecule has 5 heteroatoms. The predicted octanol–water partition coefficient (Wildman–Crippen LogP) is 3.30. The molecule has 2 heterocycles. The van der Waals surface area contributed by atoms with Gasteiger partial charge in [0, 0.05) is 13.1 Å². The smallest absolute Gasteiger partial charge is 0.245 e. The summed E-state index contributed by atoms with van der Waals surface area (Å²) in [5.41, 5.74) is 4.64. The Balaban J connectivity index is 1.77. The lowest BCUT2D eigenvalue weighted by molar-refractivity contribution is 0.414. The summed E-state index contributed by atoms with van der Waals surface area (Å²) in [5, 5.41) is 8.67. The maximum absolute atomic E-state index is 5.32. The number of hydrogen-bond acceptors (Lipinski definition) is 5. The highest BCUT2D eigenvalue weighted by Gasteiger charge is 2.17. The van der Waals surface area contributed by atoms with Gasteiger partial charge in [-0.05, 0) is 42.5 Å². The summed E-state index contributed by atoms with van der Waals surface area (Å²) >= 11 is 0. The highest BCUT2D eigenvalue weighted by Crippen LogP contribution is 2.26. The summed E-state index contributed by atoms with van der Waals surface area (Å²) in [6.07, 6.45) is 4.99. The Morgan fingerprint density at radius 3 is 2.62 bits per heavy atom. The van der Waals surface area contributed by atoms with E-state index in [2.05, 4.69) is 47.2 Å². The third-order valence-electron chi connectivity index (χ3n) is 4.43. The number of benzene rings is 1. The molecule has 0 unspecified atom stereocenters. The number of aryl methyl sites for hydroxylation is 2. The Labute approximate surface area is 143 Å². The molecule has 0 amide bonds. The number of hydrogen-bond donors (Lipinski definition) is 0. The lowest BCUT2D eigenvalue weighted by Gasteiger charge is -2.26. The second-order valence-electron chi connectivity index (χ2n) is 5.87. The van der Waals surface area contributed by atoms with Crippen LogP contribution in [0.15, 0.2) is 30.3 Å². The molecule has 5 nitrogen and oxygen atoms in total. The van der Waals surface area contributed by atoms with Crippen LogP contribution in [0, 0.1) is 0 Å². The van der Waals surface area contributed by atoms with Gasteiger partial charge in [-0.3, -0.25) is 0 Å². The van der Waals surface area contributed by atoms with Crippen LogP contribution in [0.3, 0.4) is 0 Å². The Morgan fingerprint density at radius 1 is 1.12 bits per heavy atom. The van der Waals surface area contributed by atoms with Gasteiger partial charge in [-0.25, -0.2) is 4.98 Å². The van der Waals surface area contributed by atoms with Crippen molar-refractivity contribution >= 4 is 11.5 Å². The van der Waals surface area contributed by atoms with E-state index in [9.17, 15) is 0 Å². The number of ether oxygens (including phenoxy) is 1. The second-order valence-corrected chi connectivity index (χ2v) is 5.87. The van der Waals surface area contributed by atoms with Gasteiger partial charge in [-0.15, -0.1) is 5.10 Å². The molecule has 2 aromatic rings. The molecular formula is C19H24N4O. The molecule has 1 aliphatic rings. The summed E-state index contributed by atoms with van der Waals surface area (Å²) in [7, 11) is 1.70. The van der Waals surface area contributed by atoms with Gasteiger partial charge in [0.2, 0.25) is 5.95 Å². The molecule has 0 spiro atoms. The van der Waals surface area contributed by atoms with Crippen molar-refractivity contribution in [1.29, 1.82) is 0 Å². The van der Waals surface area contributed by atoms with Crippen LogP contribution in [0.1, 0.15) is 37.2 Å². The molecule has 0 N–H and O–H groups in total. The molecule has 3 rings (SSSR count). The fourth-order valence-corrected chi connectivity index (χ4v) is 3.00. The molecule has 1 aliphatic heterocycles. The second kappa shape index (κ2) is 7.43. The van der Waals surface area contributed by atoms with Crippen LogP contribution in [0.4, 0.5) is 5.95 Å². The van der Waals surface area contributed by atoms with Gasteiger partial charge in [0.05, 0.1) is 18.5 Å². The van der Waals surface area contributed by atoms with Crippen LogP contribution in [-0.4, -0.2) is 35.4 Å². The molecule has 0 saturated heterocycles. The van der Waals surface area contributed by atoms with Crippen molar-refractivity contribution in [1.82, 2.24) is 15.2 Å². The van der Waals surface area contributed by atoms with Gasteiger partial charge in [0.15, 0.2) is 0 Å². The summed E-state index contributed by atoms with van der Waals surface area (Å²) in [5.74, 6) is 1.64. The molecule has 0 fully saturated rings. The first kappa shape index (κ1) is 16.4. The average Bonchev–Trinajstić information content (AvgIpc) is 2.67. The number of nitrogens with zero attached hydrogens (tertiary/aromatic N) is 4. The van der Waals surface area contributed by atoms with Crippen LogP contribution in [0.25, 0.3) is 5.57 Å².